The zero-order chi connectivity index (χ0) is 19.2. The maximum atomic E-state index is 12.8. The molecule has 0 atom stereocenters. The van der Waals surface area contributed by atoms with Crippen LogP contribution in [0.2, 0.25) is 0 Å². The fourth-order valence-corrected chi connectivity index (χ4v) is 4.24. The normalized spacial score (nSPS) is 15.1. The second-order valence-corrected chi connectivity index (χ2v) is 7.57. The molecule has 1 aliphatic rings. The van der Waals surface area contributed by atoms with Crippen molar-refractivity contribution in [3.63, 3.8) is 0 Å². The van der Waals surface area contributed by atoms with Crippen LogP contribution >= 0.6 is 0 Å². The van der Waals surface area contributed by atoms with Gasteiger partial charge in [-0.2, -0.15) is 4.31 Å². The van der Waals surface area contributed by atoms with Gasteiger partial charge in [0.15, 0.2) is 6.61 Å². The van der Waals surface area contributed by atoms with Gasteiger partial charge in [-0.1, -0.05) is 18.6 Å². The summed E-state index contributed by atoms with van der Waals surface area (Å²) in [7, 11) is -2.50. The Labute approximate surface area is 151 Å². The average molecular weight is 383 g/mol. The number of urea groups is 1. The summed E-state index contributed by atoms with van der Waals surface area (Å²) in [4.78, 5) is 34.6. The van der Waals surface area contributed by atoms with Crippen molar-refractivity contribution in [2.24, 2.45) is 0 Å². The van der Waals surface area contributed by atoms with Gasteiger partial charge in [-0.05, 0) is 25.0 Å². The number of imide groups is 1. The molecule has 9 nitrogen and oxygen atoms in total. The Hall–Kier alpha value is -2.46. The van der Waals surface area contributed by atoms with Gasteiger partial charge in [0.05, 0.1) is 10.5 Å². The van der Waals surface area contributed by atoms with Crippen molar-refractivity contribution < 1.29 is 27.5 Å². The molecule has 2 rings (SSSR count). The molecule has 0 aromatic heterocycles. The fraction of sp³-hybridized carbons (Fsp3) is 0.438. The van der Waals surface area contributed by atoms with Crippen molar-refractivity contribution in [3.8, 4) is 0 Å². The minimum Gasteiger partial charge on any atom is -0.452 e. The highest BCUT2D eigenvalue weighted by molar-refractivity contribution is 7.89. The van der Waals surface area contributed by atoms with E-state index in [1.807, 2.05) is 5.32 Å². The molecule has 0 aliphatic carbocycles. The van der Waals surface area contributed by atoms with E-state index in [0.717, 1.165) is 19.3 Å². The predicted octanol–water partition coefficient (Wildman–Crippen LogP) is 0.474. The number of ether oxygens (including phenoxy) is 1. The van der Waals surface area contributed by atoms with Crippen LogP contribution in [0.1, 0.15) is 29.6 Å². The number of hydrogen-bond acceptors (Lipinski definition) is 6. The Morgan fingerprint density at radius 3 is 2.42 bits per heavy atom. The van der Waals surface area contributed by atoms with Crippen LogP contribution in [0.15, 0.2) is 29.2 Å². The Morgan fingerprint density at radius 1 is 1.12 bits per heavy atom. The van der Waals surface area contributed by atoms with Gasteiger partial charge in [0, 0.05) is 20.1 Å². The minimum atomic E-state index is -3.83. The second-order valence-electron chi connectivity index (χ2n) is 5.66. The maximum absolute atomic E-state index is 12.8. The highest BCUT2D eigenvalue weighted by atomic mass is 32.2. The standard InChI is InChI=1S/C16H21N3O6S/c1-17-16(22)18-14(20)11-25-15(21)12-7-3-4-8-13(12)26(23,24)19-9-5-2-6-10-19/h3-4,7-8H,2,5-6,9-11H2,1H3,(H2,17,18,20,22). The first-order valence-corrected chi connectivity index (χ1v) is 9.58. The molecule has 0 bridgehead atoms. The molecule has 1 aliphatic heterocycles. The number of rotatable bonds is 5. The Bertz CT molecular complexity index is 787. The first kappa shape index (κ1) is 19.9. The molecule has 1 aromatic carbocycles. The van der Waals surface area contributed by atoms with Gasteiger partial charge in [0.2, 0.25) is 10.0 Å². The van der Waals surface area contributed by atoms with Crippen LogP contribution in [0.4, 0.5) is 4.79 Å². The van der Waals surface area contributed by atoms with E-state index < -0.39 is 34.5 Å². The van der Waals surface area contributed by atoms with Crippen LogP contribution in [0, 0.1) is 0 Å². The topological polar surface area (TPSA) is 122 Å². The second kappa shape index (κ2) is 8.77. The first-order chi connectivity index (χ1) is 12.4. The van der Waals surface area contributed by atoms with Crippen LogP contribution in [0.3, 0.4) is 0 Å². The summed E-state index contributed by atoms with van der Waals surface area (Å²) in [5.41, 5.74) is -0.147. The molecule has 142 valence electrons. The number of hydrogen-bond donors (Lipinski definition) is 2. The van der Waals surface area contributed by atoms with Gasteiger partial charge < -0.3 is 10.1 Å². The molecule has 3 amide bonds. The highest BCUT2D eigenvalue weighted by Gasteiger charge is 2.30. The summed E-state index contributed by atoms with van der Waals surface area (Å²) < 4.78 is 31.8. The molecule has 0 saturated carbocycles. The summed E-state index contributed by atoms with van der Waals surface area (Å²) in [6, 6.07) is 4.96. The SMILES string of the molecule is CNC(=O)NC(=O)COC(=O)c1ccccc1S(=O)(=O)N1CCCCC1. The zero-order valence-corrected chi connectivity index (χ0v) is 15.2. The van der Waals surface area contributed by atoms with E-state index in [1.165, 1.54) is 35.6 Å². The van der Waals surface area contributed by atoms with Crippen molar-refractivity contribution in [2.45, 2.75) is 24.2 Å². The Morgan fingerprint density at radius 2 is 1.77 bits per heavy atom. The summed E-state index contributed by atoms with van der Waals surface area (Å²) in [5.74, 6) is -1.78. The lowest BCUT2D eigenvalue weighted by molar-refractivity contribution is -0.123. The van der Waals surface area contributed by atoms with E-state index in [9.17, 15) is 22.8 Å². The molecule has 0 radical (unpaired) electrons. The third-order valence-electron chi connectivity index (χ3n) is 3.85. The Kier molecular flexibility index (Phi) is 6.70. The summed E-state index contributed by atoms with van der Waals surface area (Å²) >= 11 is 0. The number of carbonyl (C=O) groups excluding carboxylic acids is 3. The lowest BCUT2D eigenvalue weighted by atomic mass is 10.2. The largest absolute Gasteiger partial charge is 0.452 e. The maximum Gasteiger partial charge on any atom is 0.340 e. The minimum absolute atomic E-state index is 0.147. The third-order valence-corrected chi connectivity index (χ3v) is 5.81. The number of benzene rings is 1. The molecule has 1 aromatic rings. The molecule has 0 spiro atoms. The van der Waals surface area contributed by atoms with Gasteiger partial charge >= 0.3 is 12.0 Å². The number of nitrogens with zero attached hydrogens (tertiary/aromatic N) is 1. The predicted molar refractivity (Wildman–Crippen MR) is 91.9 cm³/mol. The van der Waals surface area contributed by atoms with Crippen molar-refractivity contribution in [1.82, 2.24) is 14.9 Å². The lowest BCUT2D eigenvalue weighted by Gasteiger charge is -2.26. The molecule has 26 heavy (non-hydrogen) atoms. The smallest absolute Gasteiger partial charge is 0.340 e. The molecule has 2 N–H and O–H groups in total. The molecular weight excluding hydrogens is 362 g/mol. The van der Waals surface area contributed by atoms with Crippen molar-refractivity contribution in [1.29, 1.82) is 0 Å². The van der Waals surface area contributed by atoms with Crippen LogP contribution < -0.4 is 10.6 Å². The molecule has 10 heteroatoms. The van der Waals surface area contributed by atoms with E-state index in [0.29, 0.717) is 13.1 Å². The van der Waals surface area contributed by atoms with E-state index in [1.54, 1.807) is 0 Å². The number of sulfonamides is 1. The molecule has 1 heterocycles. The third kappa shape index (κ3) is 4.79. The van der Waals surface area contributed by atoms with Gasteiger partial charge in [0.25, 0.3) is 5.91 Å². The van der Waals surface area contributed by atoms with Gasteiger partial charge in [-0.25, -0.2) is 18.0 Å². The van der Waals surface area contributed by atoms with E-state index in [4.69, 9.17) is 4.74 Å². The summed E-state index contributed by atoms with van der Waals surface area (Å²) in [5, 5.41) is 4.12. The lowest BCUT2D eigenvalue weighted by Crippen LogP contribution is -2.40. The first-order valence-electron chi connectivity index (χ1n) is 8.14. The van der Waals surface area contributed by atoms with E-state index >= 15 is 0 Å². The monoisotopic (exact) mass is 383 g/mol. The van der Waals surface area contributed by atoms with Crippen LogP contribution in [0.25, 0.3) is 0 Å². The van der Waals surface area contributed by atoms with E-state index in [2.05, 4.69) is 5.32 Å². The number of piperidine rings is 1. The summed E-state index contributed by atoms with van der Waals surface area (Å²) in [6.45, 7) is 0.102. The quantitative estimate of drug-likeness (QED) is 0.713. The number of carbonyl (C=O) groups is 3. The zero-order valence-electron chi connectivity index (χ0n) is 14.4. The van der Waals surface area contributed by atoms with Gasteiger partial charge in [-0.3, -0.25) is 10.1 Å². The van der Waals surface area contributed by atoms with Gasteiger partial charge in [0.1, 0.15) is 0 Å². The molecule has 0 unspecified atom stereocenters. The summed E-state index contributed by atoms with van der Waals surface area (Å²) in [6.07, 6.45) is 2.51. The van der Waals surface area contributed by atoms with Crippen molar-refractivity contribution >= 4 is 27.9 Å². The molecule has 1 fully saturated rings. The highest BCUT2D eigenvalue weighted by Crippen LogP contribution is 2.24. The van der Waals surface area contributed by atoms with Crippen LogP contribution in [-0.4, -0.2) is 57.4 Å². The van der Waals surface area contributed by atoms with E-state index in [-0.39, 0.29) is 10.5 Å². The Balaban J connectivity index is 2.14. The van der Waals surface area contributed by atoms with Crippen LogP contribution in [-0.2, 0) is 19.6 Å². The average Bonchev–Trinajstić information content (AvgIpc) is 2.66. The molecular formula is C16H21N3O6S. The van der Waals surface area contributed by atoms with Crippen molar-refractivity contribution in [2.75, 3.05) is 26.7 Å². The number of esters is 1. The van der Waals surface area contributed by atoms with Crippen LogP contribution in [0.5, 0.6) is 0 Å². The van der Waals surface area contributed by atoms with Gasteiger partial charge in [-0.15, -0.1) is 0 Å². The fourth-order valence-electron chi connectivity index (χ4n) is 2.54. The molecule has 1 saturated heterocycles. The number of nitrogens with one attached hydrogen (secondary N) is 2. The van der Waals surface area contributed by atoms with Crippen molar-refractivity contribution in [3.05, 3.63) is 29.8 Å². The number of amides is 3.